The molecular formula is C9H16O2. The van der Waals surface area contributed by atoms with Crippen LogP contribution in [-0.2, 0) is 9.53 Å². The first-order valence-corrected chi connectivity index (χ1v) is 4.01. The Bertz CT molecular complexity index is 180. The minimum absolute atomic E-state index is 0.0608. The van der Waals surface area contributed by atoms with Crippen molar-refractivity contribution >= 4 is 5.97 Å². The van der Waals surface area contributed by atoms with Gasteiger partial charge in [-0.1, -0.05) is 27.7 Å². The molecule has 1 fully saturated rings. The van der Waals surface area contributed by atoms with Crippen LogP contribution < -0.4 is 0 Å². The van der Waals surface area contributed by atoms with Gasteiger partial charge in [0.2, 0.25) is 0 Å². The van der Waals surface area contributed by atoms with Gasteiger partial charge in [-0.3, -0.25) is 4.79 Å². The Labute approximate surface area is 67.9 Å². The van der Waals surface area contributed by atoms with Crippen LogP contribution in [0.5, 0.6) is 0 Å². The topological polar surface area (TPSA) is 26.3 Å². The van der Waals surface area contributed by atoms with E-state index in [1.807, 2.05) is 0 Å². The molecule has 0 radical (unpaired) electrons. The first-order chi connectivity index (χ1) is 4.85. The van der Waals surface area contributed by atoms with Crippen molar-refractivity contribution in [1.29, 1.82) is 0 Å². The highest BCUT2D eigenvalue weighted by Gasteiger charge is 2.43. The van der Waals surface area contributed by atoms with E-state index in [-0.39, 0.29) is 16.8 Å². The molecule has 0 aliphatic carbocycles. The highest BCUT2D eigenvalue weighted by atomic mass is 16.5. The first-order valence-electron chi connectivity index (χ1n) is 4.01. The standard InChI is InChI=1S/C9H16O2/c1-8(2)5-7(10)11-6-9(8,3)4/h5-6H2,1-4H3. The van der Waals surface area contributed by atoms with Crippen LogP contribution in [0.3, 0.4) is 0 Å². The second-order valence-electron chi connectivity index (χ2n) is 4.61. The molecule has 0 aromatic carbocycles. The predicted octanol–water partition coefficient (Wildman–Crippen LogP) is 1.99. The fourth-order valence-corrected chi connectivity index (χ4v) is 1.11. The van der Waals surface area contributed by atoms with E-state index in [9.17, 15) is 4.79 Å². The molecule has 1 aliphatic heterocycles. The lowest BCUT2D eigenvalue weighted by Gasteiger charge is -2.44. The summed E-state index contributed by atoms with van der Waals surface area (Å²) < 4.78 is 4.99. The third-order valence-corrected chi connectivity index (χ3v) is 3.01. The maximum Gasteiger partial charge on any atom is 0.306 e. The van der Waals surface area contributed by atoms with E-state index in [1.165, 1.54) is 0 Å². The smallest absolute Gasteiger partial charge is 0.306 e. The number of hydrogen-bond acceptors (Lipinski definition) is 2. The van der Waals surface area contributed by atoms with E-state index in [4.69, 9.17) is 4.74 Å². The maximum atomic E-state index is 10.9. The number of cyclic esters (lactones) is 1. The van der Waals surface area contributed by atoms with Gasteiger partial charge in [0, 0.05) is 5.41 Å². The molecular weight excluding hydrogens is 140 g/mol. The lowest BCUT2D eigenvalue weighted by atomic mass is 9.65. The fourth-order valence-electron chi connectivity index (χ4n) is 1.11. The molecule has 11 heavy (non-hydrogen) atoms. The molecule has 2 nitrogen and oxygen atoms in total. The van der Waals surface area contributed by atoms with Gasteiger partial charge in [-0.15, -0.1) is 0 Å². The van der Waals surface area contributed by atoms with Crippen LogP contribution in [0, 0.1) is 10.8 Å². The molecule has 1 rings (SSSR count). The highest BCUT2D eigenvalue weighted by Crippen LogP contribution is 2.44. The van der Waals surface area contributed by atoms with Crippen LogP contribution in [0.1, 0.15) is 34.1 Å². The summed E-state index contributed by atoms with van der Waals surface area (Å²) in [5, 5.41) is 0. The molecule has 0 bridgehead atoms. The average molecular weight is 156 g/mol. The zero-order chi connectivity index (χ0) is 8.70. The largest absolute Gasteiger partial charge is 0.465 e. The molecule has 0 aromatic heterocycles. The molecule has 0 aromatic rings. The van der Waals surface area contributed by atoms with Gasteiger partial charge in [-0.05, 0) is 5.41 Å². The molecule has 0 atom stereocenters. The summed E-state index contributed by atoms with van der Waals surface area (Å²) in [6.07, 6.45) is 0.542. The number of ether oxygens (including phenoxy) is 1. The minimum atomic E-state index is -0.0608. The number of rotatable bonds is 0. The van der Waals surface area contributed by atoms with Crippen molar-refractivity contribution in [1.82, 2.24) is 0 Å². The Kier molecular flexibility index (Phi) is 1.73. The molecule has 1 saturated heterocycles. The van der Waals surface area contributed by atoms with Crippen molar-refractivity contribution in [2.24, 2.45) is 10.8 Å². The summed E-state index contributed by atoms with van der Waals surface area (Å²) in [7, 11) is 0. The summed E-state index contributed by atoms with van der Waals surface area (Å²) in [5.74, 6) is -0.0608. The van der Waals surface area contributed by atoms with Gasteiger partial charge in [0.1, 0.15) is 0 Å². The second-order valence-corrected chi connectivity index (χ2v) is 4.61. The zero-order valence-corrected chi connectivity index (χ0v) is 7.73. The predicted molar refractivity (Wildman–Crippen MR) is 43.1 cm³/mol. The Morgan fingerprint density at radius 2 is 1.73 bits per heavy atom. The Morgan fingerprint density at radius 3 is 2.09 bits per heavy atom. The van der Waals surface area contributed by atoms with Crippen molar-refractivity contribution in [3.63, 3.8) is 0 Å². The van der Waals surface area contributed by atoms with E-state index < -0.39 is 0 Å². The van der Waals surface area contributed by atoms with E-state index in [0.29, 0.717) is 13.0 Å². The SMILES string of the molecule is CC1(C)COC(=O)CC1(C)C. The van der Waals surface area contributed by atoms with Crippen molar-refractivity contribution < 1.29 is 9.53 Å². The van der Waals surface area contributed by atoms with Gasteiger partial charge in [-0.25, -0.2) is 0 Å². The van der Waals surface area contributed by atoms with Crippen LogP contribution in [0.4, 0.5) is 0 Å². The maximum absolute atomic E-state index is 10.9. The second kappa shape index (κ2) is 2.23. The first kappa shape index (κ1) is 8.57. The third-order valence-electron chi connectivity index (χ3n) is 3.01. The molecule has 0 saturated carbocycles. The van der Waals surface area contributed by atoms with Crippen LogP contribution in [0.2, 0.25) is 0 Å². The van der Waals surface area contributed by atoms with Gasteiger partial charge in [-0.2, -0.15) is 0 Å². The van der Waals surface area contributed by atoms with E-state index >= 15 is 0 Å². The molecule has 2 heteroatoms. The van der Waals surface area contributed by atoms with E-state index in [1.54, 1.807) is 0 Å². The van der Waals surface area contributed by atoms with Gasteiger partial charge < -0.3 is 4.74 Å². The number of esters is 1. The van der Waals surface area contributed by atoms with Gasteiger partial charge in [0.25, 0.3) is 0 Å². The summed E-state index contributed by atoms with van der Waals surface area (Å²) in [6, 6.07) is 0. The molecule has 0 unspecified atom stereocenters. The molecule has 1 heterocycles. The van der Waals surface area contributed by atoms with Gasteiger partial charge in [0.15, 0.2) is 0 Å². The highest BCUT2D eigenvalue weighted by molar-refractivity contribution is 5.71. The Balaban J connectivity index is 2.80. The van der Waals surface area contributed by atoms with Crippen LogP contribution >= 0.6 is 0 Å². The lowest BCUT2D eigenvalue weighted by Crippen LogP contribution is -2.43. The van der Waals surface area contributed by atoms with Crippen molar-refractivity contribution in [2.75, 3.05) is 6.61 Å². The normalized spacial score (nSPS) is 27.8. The van der Waals surface area contributed by atoms with Crippen molar-refractivity contribution in [3.8, 4) is 0 Å². The molecule has 0 N–H and O–H groups in total. The fraction of sp³-hybridized carbons (Fsp3) is 0.889. The number of carbonyl (C=O) groups is 1. The zero-order valence-electron chi connectivity index (χ0n) is 7.73. The molecule has 64 valence electrons. The summed E-state index contributed by atoms with van der Waals surface area (Å²) in [6.45, 7) is 9.07. The van der Waals surface area contributed by atoms with Crippen LogP contribution in [-0.4, -0.2) is 12.6 Å². The van der Waals surface area contributed by atoms with Gasteiger partial charge >= 0.3 is 5.97 Å². The summed E-state index contributed by atoms with van der Waals surface area (Å²) >= 11 is 0. The average Bonchev–Trinajstić information content (AvgIpc) is 1.80. The van der Waals surface area contributed by atoms with Crippen molar-refractivity contribution in [3.05, 3.63) is 0 Å². The Morgan fingerprint density at radius 1 is 1.18 bits per heavy atom. The van der Waals surface area contributed by atoms with Crippen LogP contribution in [0.15, 0.2) is 0 Å². The van der Waals surface area contributed by atoms with Crippen molar-refractivity contribution in [2.45, 2.75) is 34.1 Å². The summed E-state index contributed by atoms with van der Waals surface area (Å²) in [5.41, 5.74) is 0.184. The van der Waals surface area contributed by atoms with Crippen LogP contribution in [0.25, 0.3) is 0 Å². The molecule has 0 spiro atoms. The monoisotopic (exact) mass is 156 g/mol. The molecule has 1 aliphatic rings. The lowest BCUT2D eigenvalue weighted by molar-refractivity contribution is -0.164. The van der Waals surface area contributed by atoms with Gasteiger partial charge in [0.05, 0.1) is 13.0 Å². The molecule has 0 amide bonds. The van der Waals surface area contributed by atoms with E-state index in [2.05, 4.69) is 27.7 Å². The Hall–Kier alpha value is -0.530. The quantitative estimate of drug-likeness (QED) is 0.501. The van der Waals surface area contributed by atoms with E-state index in [0.717, 1.165) is 0 Å². The summed E-state index contributed by atoms with van der Waals surface area (Å²) in [4.78, 5) is 10.9. The number of carbonyl (C=O) groups excluding carboxylic acids is 1. The third kappa shape index (κ3) is 1.39. The minimum Gasteiger partial charge on any atom is -0.465 e. The number of hydrogen-bond donors (Lipinski definition) is 0.